The maximum Gasteiger partial charge on any atom is 0.433 e. The monoisotopic (exact) mass is 390 g/mol. The molecule has 0 atom stereocenters. The lowest BCUT2D eigenvalue weighted by Crippen LogP contribution is -2.41. The third kappa shape index (κ3) is 6.70. The fourth-order valence-electron chi connectivity index (χ4n) is 1.66. The quantitative estimate of drug-likeness (QED) is 0.585. The Hall–Kier alpha value is -2.14. The van der Waals surface area contributed by atoms with Crippen LogP contribution >= 0.6 is 23.1 Å². The summed E-state index contributed by atoms with van der Waals surface area (Å²) in [7, 11) is 0. The first-order valence-electron chi connectivity index (χ1n) is 6.97. The van der Waals surface area contributed by atoms with E-state index in [1.807, 2.05) is 17.5 Å². The first-order chi connectivity index (χ1) is 11.8. The predicted octanol–water partition coefficient (Wildman–Crippen LogP) is 2.72. The summed E-state index contributed by atoms with van der Waals surface area (Å²) in [4.78, 5) is 31.3. The van der Waals surface area contributed by atoms with Crippen LogP contribution in [-0.4, -0.2) is 34.2 Å². The van der Waals surface area contributed by atoms with E-state index in [4.69, 9.17) is 0 Å². The Balaban J connectivity index is 1.72. The average Bonchev–Trinajstić information content (AvgIpc) is 3.06. The second-order valence-corrected chi connectivity index (χ2v) is 6.62. The van der Waals surface area contributed by atoms with Gasteiger partial charge in [-0.15, -0.1) is 11.3 Å². The van der Waals surface area contributed by atoms with E-state index < -0.39 is 23.8 Å². The van der Waals surface area contributed by atoms with E-state index in [0.717, 1.165) is 17.1 Å². The van der Waals surface area contributed by atoms with Crippen LogP contribution in [0.5, 0.6) is 0 Å². The first kappa shape index (κ1) is 19.2. The Bertz CT molecular complexity index is 723. The van der Waals surface area contributed by atoms with Crippen molar-refractivity contribution in [2.24, 2.45) is 0 Å². The Kier molecular flexibility index (Phi) is 6.76. The fourth-order valence-corrected chi connectivity index (χ4v) is 3.00. The molecule has 0 aliphatic heterocycles. The molecule has 0 fully saturated rings. The normalized spacial score (nSPS) is 11.2. The zero-order chi connectivity index (χ0) is 18.3. The lowest BCUT2D eigenvalue weighted by molar-refractivity contribution is -0.141. The number of nitrogens with one attached hydrogen (secondary N) is 2. The van der Waals surface area contributed by atoms with E-state index in [1.165, 1.54) is 0 Å². The topological polar surface area (TPSA) is 84.0 Å². The number of alkyl halides is 3. The summed E-state index contributed by atoms with van der Waals surface area (Å²) in [6.45, 7) is 0.365. The van der Waals surface area contributed by atoms with Gasteiger partial charge in [-0.25, -0.2) is 14.8 Å². The molecule has 2 aromatic heterocycles. The molecule has 2 rings (SSSR count). The summed E-state index contributed by atoms with van der Waals surface area (Å²) in [6.07, 6.45) is -2.97. The minimum Gasteiger partial charge on any atom is -0.337 e. The number of nitrogens with zero attached hydrogens (tertiary/aromatic N) is 2. The van der Waals surface area contributed by atoms with Crippen molar-refractivity contribution in [1.82, 2.24) is 20.6 Å². The van der Waals surface area contributed by atoms with Gasteiger partial charge in [0.1, 0.15) is 5.69 Å². The smallest absolute Gasteiger partial charge is 0.337 e. The van der Waals surface area contributed by atoms with E-state index >= 15 is 0 Å². The van der Waals surface area contributed by atoms with Crippen LogP contribution in [0.4, 0.5) is 18.0 Å². The van der Waals surface area contributed by atoms with Crippen LogP contribution in [0.25, 0.3) is 0 Å². The van der Waals surface area contributed by atoms with Crippen molar-refractivity contribution >= 4 is 35.0 Å². The fraction of sp³-hybridized carbons (Fsp3) is 0.286. The summed E-state index contributed by atoms with van der Waals surface area (Å²) >= 11 is 2.27. The molecule has 3 amide bonds. The highest BCUT2D eigenvalue weighted by Crippen LogP contribution is 2.28. The molecule has 0 aliphatic rings. The third-order valence-electron chi connectivity index (χ3n) is 2.75. The van der Waals surface area contributed by atoms with Crippen LogP contribution in [0, 0.1) is 0 Å². The molecule has 0 spiro atoms. The minimum absolute atomic E-state index is 0.192. The van der Waals surface area contributed by atoms with Crippen LogP contribution in [-0.2, 0) is 17.4 Å². The van der Waals surface area contributed by atoms with Crippen LogP contribution in [0.2, 0.25) is 0 Å². The molecule has 25 heavy (non-hydrogen) atoms. The van der Waals surface area contributed by atoms with Gasteiger partial charge in [0.2, 0.25) is 5.91 Å². The Morgan fingerprint density at radius 3 is 2.76 bits per heavy atom. The lowest BCUT2D eigenvalue weighted by atomic mass is 10.3. The zero-order valence-electron chi connectivity index (χ0n) is 12.7. The number of hydrogen-bond donors (Lipinski definition) is 2. The molecule has 2 N–H and O–H groups in total. The van der Waals surface area contributed by atoms with Crippen molar-refractivity contribution in [3.05, 3.63) is 40.3 Å². The van der Waals surface area contributed by atoms with Gasteiger partial charge in [-0.1, -0.05) is 17.8 Å². The van der Waals surface area contributed by atoms with Gasteiger partial charge < -0.3 is 5.32 Å². The van der Waals surface area contributed by atoms with Crippen molar-refractivity contribution < 1.29 is 22.8 Å². The van der Waals surface area contributed by atoms with Crippen LogP contribution in [0.1, 0.15) is 10.6 Å². The van der Waals surface area contributed by atoms with E-state index in [2.05, 4.69) is 20.6 Å². The number of aromatic nitrogens is 2. The second kappa shape index (κ2) is 8.81. The van der Waals surface area contributed by atoms with E-state index in [-0.39, 0.29) is 10.9 Å². The summed E-state index contributed by atoms with van der Waals surface area (Å²) < 4.78 is 37.6. The maximum absolute atomic E-state index is 12.5. The van der Waals surface area contributed by atoms with Gasteiger partial charge in [0, 0.05) is 17.6 Å². The molecule has 0 saturated carbocycles. The number of hydrogen-bond acceptors (Lipinski definition) is 6. The summed E-state index contributed by atoms with van der Waals surface area (Å²) in [6, 6.07) is 3.91. The van der Waals surface area contributed by atoms with Gasteiger partial charge in [0.25, 0.3) is 0 Å². The minimum atomic E-state index is -4.58. The predicted molar refractivity (Wildman–Crippen MR) is 87.3 cm³/mol. The van der Waals surface area contributed by atoms with Crippen LogP contribution < -0.4 is 10.6 Å². The van der Waals surface area contributed by atoms with Gasteiger partial charge in [0.05, 0.1) is 5.75 Å². The van der Waals surface area contributed by atoms with Crippen molar-refractivity contribution in [1.29, 1.82) is 0 Å². The lowest BCUT2D eigenvalue weighted by Gasteiger charge is -2.07. The average molecular weight is 390 g/mol. The molecule has 2 aromatic rings. The van der Waals surface area contributed by atoms with Crippen molar-refractivity contribution in [2.45, 2.75) is 17.8 Å². The molecule has 0 aromatic carbocycles. The molecule has 0 radical (unpaired) electrons. The summed E-state index contributed by atoms with van der Waals surface area (Å²) in [5.41, 5.74) is -1.09. The van der Waals surface area contributed by atoms with Crippen LogP contribution in [0.3, 0.4) is 0 Å². The number of carbonyl (C=O) groups excluding carboxylic acids is 2. The van der Waals surface area contributed by atoms with E-state index in [9.17, 15) is 22.8 Å². The van der Waals surface area contributed by atoms with Gasteiger partial charge >= 0.3 is 12.2 Å². The molecule has 0 unspecified atom stereocenters. The van der Waals surface area contributed by atoms with Gasteiger partial charge in [-0.2, -0.15) is 13.2 Å². The number of rotatable bonds is 6. The van der Waals surface area contributed by atoms with Crippen LogP contribution in [0.15, 0.2) is 34.9 Å². The molecule has 134 valence electrons. The highest BCUT2D eigenvalue weighted by molar-refractivity contribution is 7.99. The number of imide groups is 1. The van der Waals surface area contributed by atoms with Gasteiger partial charge in [-0.05, 0) is 23.9 Å². The molecule has 2 heterocycles. The number of urea groups is 1. The molecular formula is C14H13F3N4O2S2. The summed E-state index contributed by atoms with van der Waals surface area (Å²) in [5.74, 6) is -0.931. The standard InChI is InChI=1S/C14H13F3N4O2S2/c15-14(16,17)10-4-6-19-13(20-10)25-8-11(22)21-12(23)18-5-3-9-2-1-7-24-9/h1-2,4,6-7H,3,5,8H2,(H2,18,21,22,23). The number of thiophene rings is 1. The Morgan fingerprint density at radius 1 is 1.28 bits per heavy atom. The molecule has 0 saturated heterocycles. The Labute approximate surface area is 149 Å². The number of thioether (sulfide) groups is 1. The van der Waals surface area contributed by atoms with Crippen molar-refractivity contribution in [3.8, 4) is 0 Å². The number of amides is 3. The van der Waals surface area contributed by atoms with Gasteiger partial charge in [-0.3, -0.25) is 10.1 Å². The van der Waals surface area contributed by atoms with Crippen molar-refractivity contribution in [2.75, 3.05) is 12.3 Å². The summed E-state index contributed by atoms with van der Waals surface area (Å²) in [5, 5.41) is 6.35. The highest BCUT2D eigenvalue weighted by Gasteiger charge is 2.32. The van der Waals surface area contributed by atoms with Crippen molar-refractivity contribution in [3.63, 3.8) is 0 Å². The highest BCUT2D eigenvalue weighted by atomic mass is 32.2. The van der Waals surface area contributed by atoms with E-state index in [0.29, 0.717) is 24.7 Å². The van der Waals surface area contributed by atoms with Gasteiger partial charge in [0.15, 0.2) is 5.16 Å². The zero-order valence-corrected chi connectivity index (χ0v) is 14.3. The third-order valence-corrected chi connectivity index (χ3v) is 4.54. The van der Waals surface area contributed by atoms with E-state index in [1.54, 1.807) is 11.3 Å². The largest absolute Gasteiger partial charge is 0.433 e. The molecule has 11 heteroatoms. The number of carbonyl (C=O) groups is 2. The molecule has 0 bridgehead atoms. The Morgan fingerprint density at radius 2 is 2.08 bits per heavy atom. The second-order valence-electron chi connectivity index (χ2n) is 4.64. The number of halogens is 3. The first-order valence-corrected chi connectivity index (χ1v) is 8.84. The SMILES string of the molecule is O=C(CSc1nccc(C(F)(F)F)n1)NC(=O)NCCc1cccs1. The molecular weight excluding hydrogens is 377 g/mol. The maximum atomic E-state index is 12.5. The molecule has 6 nitrogen and oxygen atoms in total. The molecule has 0 aliphatic carbocycles.